The van der Waals surface area contributed by atoms with E-state index in [2.05, 4.69) is 151 Å². The summed E-state index contributed by atoms with van der Waals surface area (Å²) in [6.45, 7) is 0. The number of hydrogen-bond acceptors (Lipinski definition) is 1. The molecule has 0 unspecified atom stereocenters. The molecule has 0 spiro atoms. The highest BCUT2D eigenvalue weighted by Crippen LogP contribution is 2.38. The molecule has 0 radical (unpaired) electrons. The zero-order valence-electron chi connectivity index (χ0n) is 20.9. The maximum Gasteiger partial charge on any atom is 0.106 e. The monoisotopic (exact) mass is 563 g/mol. The third-order valence-electron chi connectivity index (χ3n) is 7.66. The van der Waals surface area contributed by atoms with E-state index in [4.69, 9.17) is 0 Å². The van der Waals surface area contributed by atoms with Crippen molar-refractivity contribution < 1.29 is 0 Å². The van der Waals surface area contributed by atoms with Crippen LogP contribution in [0.2, 0.25) is 0 Å². The van der Waals surface area contributed by atoms with Gasteiger partial charge in [0, 0.05) is 27.2 Å². The molecule has 3 aromatic heterocycles. The fraction of sp³-hybridized carbons (Fsp3) is 0. The molecule has 0 aliphatic rings. The predicted octanol–water partition coefficient (Wildman–Crippen LogP) is 9.71. The first kappa shape index (κ1) is 22.3. The Morgan fingerprint density at radius 1 is 0.436 bits per heavy atom. The van der Waals surface area contributed by atoms with Gasteiger partial charge in [-0.15, -0.1) is 0 Å². The molecule has 184 valence electrons. The van der Waals surface area contributed by atoms with Crippen LogP contribution in [-0.4, -0.2) is 14.1 Å². The van der Waals surface area contributed by atoms with E-state index in [1.807, 2.05) is 12.3 Å². The van der Waals surface area contributed by atoms with Crippen molar-refractivity contribution in [2.45, 2.75) is 0 Å². The Kier molecular flexibility index (Phi) is 4.97. The Morgan fingerprint density at radius 2 is 0.949 bits per heavy atom. The Hall–Kier alpha value is -4.67. The summed E-state index contributed by atoms with van der Waals surface area (Å²) >= 11 is 3.47. The Bertz CT molecular complexity index is 2170. The molecule has 0 aliphatic carbocycles. The molecular weight excluding hydrogens is 542 g/mol. The lowest BCUT2D eigenvalue weighted by atomic mass is 10.0. The van der Waals surface area contributed by atoms with Crippen LogP contribution in [0, 0.1) is 0 Å². The van der Waals surface area contributed by atoms with E-state index in [9.17, 15) is 0 Å². The van der Waals surface area contributed by atoms with Gasteiger partial charge in [-0.3, -0.25) is 0 Å². The van der Waals surface area contributed by atoms with E-state index < -0.39 is 0 Å². The molecule has 5 aromatic carbocycles. The number of rotatable bonds is 3. The number of nitrogens with zero attached hydrogens (tertiary/aromatic N) is 3. The molecule has 0 aliphatic heterocycles. The smallest absolute Gasteiger partial charge is 0.106 e. The number of fused-ring (bicyclic) bond motifs is 6. The summed E-state index contributed by atoms with van der Waals surface area (Å²) in [5.41, 5.74) is 9.42. The molecule has 39 heavy (non-hydrogen) atoms. The molecule has 0 amide bonds. The van der Waals surface area contributed by atoms with Gasteiger partial charge in [-0.05, 0) is 87.7 Å². The van der Waals surface area contributed by atoms with Crippen LogP contribution in [0.4, 0.5) is 0 Å². The second kappa shape index (κ2) is 8.69. The minimum absolute atomic E-state index is 0.832. The highest BCUT2D eigenvalue weighted by atomic mass is 79.9. The van der Waals surface area contributed by atoms with Crippen molar-refractivity contribution in [3.05, 3.63) is 138 Å². The second-order valence-electron chi connectivity index (χ2n) is 9.84. The maximum absolute atomic E-state index is 4.49. The molecule has 0 saturated heterocycles. The van der Waals surface area contributed by atoms with Gasteiger partial charge in [-0.25, -0.2) is 4.98 Å². The topological polar surface area (TPSA) is 22.8 Å². The largest absolute Gasteiger partial charge is 0.309 e. The van der Waals surface area contributed by atoms with Crippen molar-refractivity contribution in [2.24, 2.45) is 0 Å². The first-order chi connectivity index (χ1) is 19.3. The molecule has 3 heterocycles. The summed E-state index contributed by atoms with van der Waals surface area (Å²) in [6, 6.07) is 45.6. The van der Waals surface area contributed by atoms with Gasteiger partial charge >= 0.3 is 0 Å². The van der Waals surface area contributed by atoms with E-state index in [1.54, 1.807) is 0 Å². The van der Waals surface area contributed by atoms with Gasteiger partial charge in [-0.2, -0.15) is 0 Å². The van der Waals surface area contributed by atoms with Crippen LogP contribution in [0.25, 0.3) is 66.1 Å². The third-order valence-corrected chi connectivity index (χ3v) is 8.13. The zero-order valence-corrected chi connectivity index (χ0v) is 22.5. The molecule has 0 bridgehead atoms. The lowest BCUT2D eigenvalue weighted by Crippen LogP contribution is -1.94. The average molecular weight is 564 g/mol. The number of para-hydroxylation sites is 3. The fourth-order valence-corrected chi connectivity index (χ4v) is 6.17. The van der Waals surface area contributed by atoms with Gasteiger partial charge in [0.05, 0.1) is 34.0 Å². The van der Waals surface area contributed by atoms with E-state index in [0.29, 0.717) is 0 Å². The quantitative estimate of drug-likeness (QED) is 0.196. The van der Waals surface area contributed by atoms with Crippen molar-refractivity contribution in [3.8, 4) is 22.5 Å². The highest BCUT2D eigenvalue weighted by Gasteiger charge is 2.15. The van der Waals surface area contributed by atoms with Crippen molar-refractivity contribution in [3.63, 3.8) is 0 Å². The third kappa shape index (κ3) is 3.45. The van der Waals surface area contributed by atoms with Crippen molar-refractivity contribution in [1.29, 1.82) is 0 Å². The summed E-state index contributed by atoms with van der Waals surface area (Å²) in [6.07, 6.45) is 1.92. The van der Waals surface area contributed by atoms with Gasteiger partial charge < -0.3 is 9.13 Å². The second-order valence-corrected chi connectivity index (χ2v) is 10.7. The van der Waals surface area contributed by atoms with Gasteiger partial charge in [0.1, 0.15) is 4.60 Å². The molecule has 8 aromatic rings. The van der Waals surface area contributed by atoms with Crippen molar-refractivity contribution in [2.75, 3.05) is 0 Å². The molecule has 0 N–H and O–H groups in total. The number of benzene rings is 5. The van der Waals surface area contributed by atoms with Crippen molar-refractivity contribution in [1.82, 2.24) is 14.1 Å². The van der Waals surface area contributed by atoms with E-state index in [1.165, 1.54) is 60.4 Å². The average Bonchev–Trinajstić information content (AvgIpc) is 3.50. The Morgan fingerprint density at radius 3 is 1.51 bits per heavy atom. The first-order valence-electron chi connectivity index (χ1n) is 13.0. The predicted molar refractivity (Wildman–Crippen MR) is 166 cm³/mol. The number of halogens is 1. The lowest BCUT2D eigenvalue weighted by Gasteiger charge is -2.09. The first-order valence-corrected chi connectivity index (χ1v) is 13.8. The summed E-state index contributed by atoms with van der Waals surface area (Å²) < 4.78 is 5.49. The molecular formula is C35H22BrN3. The molecule has 0 atom stereocenters. The molecule has 8 rings (SSSR count). The van der Waals surface area contributed by atoms with Crippen LogP contribution in [0.15, 0.2) is 138 Å². The highest BCUT2D eigenvalue weighted by molar-refractivity contribution is 9.10. The zero-order chi connectivity index (χ0) is 25.9. The normalized spacial score (nSPS) is 11.7. The van der Waals surface area contributed by atoms with Crippen LogP contribution in [-0.2, 0) is 0 Å². The number of aromatic nitrogens is 3. The number of pyridine rings is 1. The van der Waals surface area contributed by atoms with Crippen LogP contribution < -0.4 is 0 Å². The fourth-order valence-electron chi connectivity index (χ4n) is 5.94. The van der Waals surface area contributed by atoms with Crippen LogP contribution in [0.5, 0.6) is 0 Å². The summed E-state index contributed by atoms with van der Waals surface area (Å²) in [4.78, 5) is 4.49. The number of hydrogen-bond donors (Lipinski definition) is 0. The standard InChI is InChI=1S/C35H22BrN3/c36-35-19-16-26(22-37-35)39-32-13-7-5-11-28(32)30-21-24(15-18-34(30)39)23-14-17-33-29(20-23)27-10-4-6-12-31(27)38(33)25-8-2-1-3-9-25/h1-22H. The van der Waals surface area contributed by atoms with Crippen LogP contribution in [0.1, 0.15) is 0 Å². The van der Waals surface area contributed by atoms with E-state index in [0.717, 1.165) is 10.3 Å². The minimum Gasteiger partial charge on any atom is -0.309 e. The maximum atomic E-state index is 4.49. The molecule has 0 saturated carbocycles. The molecule has 3 nitrogen and oxygen atoms in total. The van der Waals surface area contributed by atoms with Crippen molar-refractivity contribution >= 4 is 59.5 Å². The van der Waals surface area contributed by atoms with Gasteiger partial charge in [0.2, 0.25) is 0 Å². The lowest BCUT2D eigenvalue weighted by molar-refractivity contribution is 1.13. The van der Waals surface area contributed by atoms with Gasteiger partial charge in [0.25, 0.3) is 0 Å². The van der Waals surface area contributed by atoms with Crippen LogP contribution in [0.3, 0.4) is 0 Å². The van der Waals surface area contributed by atoms with Gasteiger partial charge in [0.15, 0.2) is 0 Å². The SMILES string of the molecule is Brc1ccc(-n2c3ccccc3c3cc(-c4ccc5c(c4)c4ccccc4n5-c4ccccc4)ccc32)cn1. The van der Waals surface area contributed by atoms with Gasteiger partial charge in [-0.1, -0.05) is 66.7 Å². The van der Waals surface area contributed by atoms with E-state index in [-0.39, 0.29) is 0 Å². The summed E-state index contributed by atoms with van der Waals surface area (Å²) in [7, 11) is 0. The molecule has 4 heteroatoms. The van der Waals surface area contributed by atoms with Crippen LogP contribution >= 0.6 is 15.9 Å². The Labute approximate surface area is 233 Å². The minimum atomic E-state index is 0.832. The summed E-state index contributed by atoms with van der Waals surface area (Å²) in [5.74, 6) is 0. The Balaban J connectivity index is 1.35. The molecule has 0 fully saturated rings. The van der Waals surface area contributed by atoms with E-state index >= 15 is 0 Å². The summed E-state index contributed by atoms with van der Waals surface area (Å²) in [5, 5.41) is 4.99.